The van der Waals surface area contributed by atoms with E-state index in [1.165, 1.54) is 36.9 Å². The van der Waals surface area contributed by atoms with Crippen molar-refractivity contribution in [1.29, 1.82) is 0 Å². The van der Waals surface area contributed by atoms with Gasteiger partial charge >= 0.3 is 0 Å². The molecule has 0 aliphatic heterocycles. The quantitative estimate of drug-likeness (QED) is 0.867. The number of thioether (sulfide) groups is 1. The third-order valence-corrected chi connectivity index (χ3v) is 4.99. The van der Waals surface area contributed by atoms with Crippen LogP contribution in [0.4, 0.5) is 0 Å². The Morgan fingerprint density at radius 2 is 2.00 bits per heavy atom. The van der Waals surface area contributed by atoms with E-state index in [0.29, 0.717) is 6.04 Å². The number of aromatic amines is 1. The summed E-state index contributed by atoms with van der Waals surface area (Å²) in [5.41, 5.74) is 3.68. The van der Waals surface area contributed by atoms with Gasteiger partial charge in [0, 0.05) is 29.1 Å². The number of aryl methyl sites for hydroxylation is 2. The molecule has 1 aromatic heterocycles. The predicted octanol–water partition coefficient (Wildman–Crippen LogP) is 2.79. The molecule has 0 amide bonds. The van der Waals surface area contributed by atoms with Gasteiger partial charge in [0.1, 0.15) is 0 Å². The standard InChI is InChI=1S/C13H23N3S/c1-9-13(10(2)16-15-9)8-14-11-4-6-12(17-3)7-5-11/h11-12,14H,4-8H2,1-3H3,(H,15,16). The average Bonchev–Trinajstić information content (AvgIpc) is 2.67. The van der Waals surface area contributed by atoms with Crippen LogP contribution in [0.5, 0.6) is 0 Å². The summed E-state index contributed by atoms with van der Waals surface area (Å²) in [5, 5.41) is 11.9. The smallest absolute Gasteiger partial charge is 0.0638 e. The Hall–Kier alpha value is -0.480. The molecule has 0 spiro atoms. The highest BCUT2D eigenvalue weighted by atomic mass is 32.2. The van der Waals surface area contributed by atoms with Crippen molar-refractivity contribution >= 4 is 11.8 Å². The Morgan fingerprint density at radius 1 is 1.29 bits per heavy atom. The molecule has 1 aliphatic carbocycles. The maximum absolute atomic E-state index is 4.24. The maximum atomic E-state index is 4.24. The first-order valence-electron chi connectivity index (χ1n) is 6.47. The van der Waals surface area contributed by atoms with E-state index in [0.717, 1.165) is 17.5 Å². The number of hydrogen-bond acceptors (Lipinski definition) is 3. The van der Waals surface area contributed by atoms with Gasteiger partial charge in [-0.25, -0.2) is 0 Å². The lowest BCUT2D eigenvalue weighted by molar-refractivity contribution is 0.378. The van der Waals surface area contributed by atoms with Crippen LogP contribution in [0.25, 0.3) is 0 Å². The highest BCUT2D eigenvalue weighted by Crippen LogP contribution is 2.27. The summed E-state index contributed by atoms with van der Waals surface area (Å²) in [6.45, 7) is 5.13. The van der Waals surface area contributed by atoms with Crippen molar-refractivity contribution in [2.45, 2.75) is 57.4 Å². The van der Waals surface area contributed by atoms with Crippen molar-refractivity contribution in [2.75, 3.05) is 6.26 Å². The van der Waals surface area contributed by atoms with Crippen LogP contribution in [0.1, 0.15) is 42.6 Å². The zero-order valence-electron chi connectivity index (χ0n) is 11.0. The van der Waals surface area contributed by atoms with E-state index in [1.54, 1.807) is 0 Å². The number of rotatable bonds is 4. The minimum Gasteiger partial charge on any atom is -0.310 e. The second-order valence-electron chi connectivity index (χ2n) is 5.00. The van der Waals surface area contributed by atoms with Gasteiger partial charge in [-0.3, -0.25) is 5.10 Å². The van der Waals surface area contributed by atoms with E-state index in [-0.39, 0.29) is 0 Å². The first-order chi connectivity index (χ1) is 8.20. The molecule has 96 valence electrons. The molecule has 0 bridgehead atoms. The van der Waals surface area contributed by atoms with Crippen LogP contribution in [0.2, 0.25) is 0 Å². The third-order valence-electron chi connectivity index (χ3n) is 3.86. The highest BCUT2D eigenvalue weighted by molar-refractivity contribution is 7.99. The Bertz CT molecular complexity index is 334. The molecule has 4 heteroatoms. The number of nitrogens with zero attached hydrogens (tertiary/aromatic N) is 1. The van der Waals surface area contributed by atoms with Crippen molar-refractivity contribution in [3.8, 4) is 0 Å². The van der Waals surface area contributed by atoms with E-state index >= 15 is 0 Å². The van der Waals surface area contributed by atoms with Gasteiger partial charge in [0.2, 0.25) is 0 Å². The maximum Gasteiger partial charge on any atom is 0.0638 e. The van der Waals surface area contributed by atoms with Crippen molar-refractivity contribution < 1.29 is 0 Å². The summed E-state index contributed by atoms with van der Waals surface area (Å²) in [7, 11) is 0. The van der Waals surface area contributed by atoms with E-state index in [1.807, 2.05) is 11.8 Å². The van der Waals surface area contributed by atoms with Gasteiger partial charge in [0.25, 0.3) is 0 Å². The highest BCUT2D eigenvalue weighted by Gasteiger charge is 2.20. The molecule has 0 saturated heterocycles. The second kappa shape index (κ2) is 5.91. The van der Waals surface area contributed by atoms with Gasteiger partial charge in [0.05, 0.1) is 5.69 Å². The topological polar surface area (TPSA) is 40.7 Å². The molecular weight excluding hydrogens is 230 g/mol. The van der Waals surface area contributed by atoms with Crippen LogP contribution in [-0.4, -0.2) is 27.7 Å². The molecule has 17 heavy (non-hydrogen) atoms. The van der Waals surface area contributed by atoms with Crippen molar-refractivity contribution in [1.82, 2.24) is 15.5 Å². The molecule has 1 aromatic rings. The van der Waals surface area contributed by atoms with Crippen LogP contribution in [0, 0.1) is 13.8 Å². The van der Waals surface area contributed by atoms with E-state index < -0.39 is 0 Å². The lowest BCUT2D eigenvalue weighted by atomic mass is 9.95. The largest absolute Gasteiger partial charge is 0.310 e. The molecule has 0 radical (unpaired) electrons. The van der Waals surface area contributed by atoms with Crippen LogP contribution in [0.15, 0.2) is 0 Å². The van der Waals surface area contributed by atoms with Crippen molar-refractivity contribution in [3.63, 3.8) is 0 Å². The molecule has 1 heterocycles. The van der Waals surface area contributed by atoms with Crippen molar-refractivity contribution in [3.05, 3.63) is 17.0 Å². The summed E-state index contributed by atoms with van der Waals surface area (Å²) in [6.07, 6.45) is 7.60. The minimum atomic E-state index is 0.701. The monoisotopic (exact) mass is 253 g/mol. The first-order valence-corrected chi connectivity index (χ1v) is 7.76. The fourth-order valence-electron chi connectivity index (χ4n) is 2.58. The Balaban J connectivity index is 1.80. The van der Waals surface area contributed by atoms with Gasteiger partial charge in [-0.1, -0.05) is 0 Å². The molecule has 1 fully saturated rings. The Labute approximate surface area is 108 Å². The molecule has 0 atom stereocenters. The number of nitrogens with one attached hydrogen (secondary N) is 2. The predicted molar refractivity (Wildman–Crippen MR) is 74.5 cm³/mol. The van der Waals surface area contributed by atoms with Gasteiger partial charge in [-0.15, -0.1) is 0 Å². The van der Waals surface area contributed by atoms with Gasteiger partial charge in [0.15, 0.2) is 0 Å². The lowest BCUT2D eigenvalue weighted by Crippen LogP contribution is -2.33. The molecular formula is C13H23N3S. The van der Waals surface area contributed by atoms with Crippen LogP contribution in [0.3, 0.4) is 0 Å². The van der Waals surface area contributed by atoms with E-state index in [2.05, 4.69) is 35.6 Å². The molecule has 2 N–H and O–H groups in total. The molecule has 0 aromatic carbocycles. The van der Waals surface area contributed by atoms with E-state index in [9.17, 15) is 0 Å². The molecule has 1 aliphatic rings. The fourth-order valence-corrected chi connectivity index (χ4v) is 3.33. The summed E-state index contributed by atoms with van der Waals surface area (Å²) in [6, 6.07) is 0.701. The summed E-state index contributed by atoms with van der Waals surface area (Å²) in [4.78, 5) is 0. The number of aromatic nitrogens is 2. The van der Waals surface area contributed by atoms with Gasteiger partial charge in [-0.2, -0.15) is 16.9 Å². The molecule has 1 saturated carbocycles. The molecule has 2 rings (SSSR count). The van der Waals surface area contributed by atoms with Crippen LogP contribution in [-0.2, 0) is 6.54 Å². The van der Waals surface area contributed by atoms with E-state index in [4.69, 9.17) is 0 Å². The second-order valence-corrected chi connectivity index (χ2v) is 6.14. The molecule has 3 nitrogen and oxygen atoms in total. The zero-order chi connectivity index (χ0) is 12.3. The van der Waals surface area contributed by atoms with Gasteiger partial charge < -0.3 is 5.32 Å². The summed E-state index contributed by atoms with van der Waals surface area (Å²) in [5.74, 6) is 0. The van der Waals surface area contributed by atoms with Crippen LogP contribution >= 0.6 is 11.8 Å². The number of H-pyrrole nitrogens is 1. The Kier molecular flexibility index (Phi) is 4.51. The minimum absolute atomic E-state index is 0.701. The van der Waals surface area contributed by atoms with Crippen molar-refractivity contribution in [2.24, 2.45) is 0 Å². The summed E-state index contributed by atoms with van der Waals surface area (Å²) < 4.78 is 0. The SMILES string of the molecule is CSC1CCC(NCc2c(C)n[nH]c2C)CC1. The fraction of sp³-hybridized carbons (Fsp3) is 0.769. The average molecular weight is 253 g/mol. The Morgan fingerprint density at radius 3 is 2.53 bits per heavy atom. The first kappa shape index (κ1) is 13.0. The normalized spacial score (nSPS) is 25.1. The summed E-state index contributed by atoms with van der Waals surface area (Å²) >= 11 is 2.03. The van der Waals surface area contributed by atoms with Crippen LogP contribution < -0.4 is 5.32 Å². The zero-order valence-corrected chi connectivity index (χ0v) is 11.9. The lowest BCUT2D eigenvalue weighted by Gasteiger charge is -2.28. The third kappa shape index (κ3) is 3.26. The van der Waals surface area contributed by atoms with Gasteiger partial charge in [-0.05, 0) is 45.8 Å². The molecule has 0 unspecified atom stereocenters. The number of hydrogen-bond donors (Lipinski definition) is 2.